The monoisotopic (exact) mass is 308 g/mol. The fraction of sp³-hybridized carbons (Fsp3) is 0.833. The first-order valence-corrected chi connectivity index (χ1v) is 9.36. The Kier molecular flexibility index (Phi) is 5.84. The molecular formula is C18H32N2S. The summed E-state index contributed by atoms with van der Waals surface area (Å²) in [5.74, 6) is 1.62. The molecule has 3 heteroatoms. The summed E-state index contributed by atoms with van der Waals surface area (Å²) in [7, 11) is 0. The molecule has 1 aliphatic carbocycles. The summed E-state index contributed by atoms with van der Waals surface area (Å²) in [4.78, 5) is 6.17. The van der Waals surface area contributed by atoms with Gasteiger partial charge in [0.15, 0.2) is 0 Å². The van der Waals surface area contributed by atoms with Crippen LogP contribution in [0.1, 0.15) is 62.0 Å². The van der Waals surface area contributed by atoms with Gasteiger partial charge in [0.05, 0.1) is 10.7 Å². The Bertz CT molecular complexity index is 431. The number of nitrogens with one attached hydrogen (secondary N) is 1. The van der Waals surface area contributed by atoms with Crippen molar-refractivity contribution in [2.24, 2.45) is 17.3 Å². The van der Waals surface area contributed by atoms with Gasteiger partial charge in [-0.05, 0) is 69.9 Å². The molecule has 1 heterocycles. The van der Waals surface area contributed by atoms with Gasteiger partial charge in [0, 0.05) is 11.3 Å². The van der Waals surface area contributed by atoms with Crippen LogP contribution in [0.2, 0.25) is 0 Å². The maximum absolute atomic E-state index is 4.78. The molecule has 2 rings (SSSR count). The summed E-state index contributed by atoms with van der Waals surface area (Å²) in [6.07, 6.45) is 6.51. The third-order valence-corrected chi connectivity index (χ3v) is 6.11. The van der Waals surface area contributed by atoms with E-state index in [2.05, 4.69) is 39.9 Å². The minimum absolute atomic E-state index is 0.507. The van der Waals surface area contributed by atoms with Gasteiger partial charge >= 0.3 is 0 Å². The number of nitrogens with zero attached hydrogens (tertiary/aromatic N) is 1. The summed E-state index contributed by atoms with van der Waals surface area (Å²) < 4.78 is 0. The van der Waals surface area contributed by atoms with Crippen LogP contribution in [0, 0.1) is 31.1 Å². The summed E-state index contributed by atoms with van der Waals surface area (Å²) in [6.45, 7) is 13.8. The zero-order valence-electron chi connectivity index (χ0n) is 14.5. The predicted octanol–water partition coefficient (Wildman–Crippen LogP) is 4.74. The van der Waals surface area contributed by atoms with E-state index < -0.39 is 0 Å². The summed E-state index contributed by atoms with van der Waals surface area (Å²) in [5.41, 5.74) is 1.73. The first kappa shape index (κ1) is 17.0. The molecular weight excluding hydrogens is 276 g/mol. The van der Waals surface area contributed by atoms with Gasteiger partial charge in [-0.1, -0.05) is 20.8 Å². The molecule has 0 aliphatic heterocycles. The Labute approximate surface area is 134 Å². The molecule has 1 aromatic rings. The molecule has 2 atom stereocenters. The third-order valence-electron chi connectivity index (χ3n) is 5.02. The van der Waals surface area contributed by atoms with E-state index >= 15 is 0 Å². The summed E-state index contributed by atoms with van der Waals surface area (Å²) >= 11 is 1.91. The van der Waals surface area contributed by atoms with Gasteiger partial charge in [0.1, 0.15) is 0 Å². The van der Waals surface area contributed by atoms with Gasteiger partial charge in [0.2, 0.25) is 0 Å². The minimum Gasteiger partial charge on any atom is -0.316 e. The van der Waals surface area contributed by atoms with Crippen molar-refractivity contribution >= 4 is 11.3 Å². The largest absolute Gasteiger partial charge is 0.316 e. The van der Waals surface area contributed by atoms with Crippen molar-refractivity contribution in [1.82, 2.24) is 10.3 Å². The Morgan fingerprint density at radius 3 is 2.67 bits per heavy atom. The summed E-state index contributed by atoms with van der Waals surface area (Å²) in [5, 5.41) is 5.00. The van der Waals surface area contributed by atoms with Crippen molar-refractivity contribution < 1.29 is 0 Å². The molecule has 1 fully saturated rings. The number of hydrogen-bond acceptors (Lipinski definition) is 3. The van der Waals surface area contributed by atoms with Gasteiger partial charge in [-0.15, -0.1) is 11.3 Å². The molecule has 0 spiro atoms. The molecule has 0 radical (unpaired) electrons. The molecule has 1 saturated carbocycles. The van der Waals surface area contributed by atoms with Crippen LogP contribution >= 0.6 is 11.3 Å². The van der Waals surface area contributed by atoms with Crippen LogP contribution in [0.25, 0.3) is 0 Å². The molecule has 1 aliphatic rings. The highest BCUT2D eigenvalue weighted by molar-refractivity contribution is 7.11. The van der Waals surface area contributed by atoms with Gasteiger partial charge < -0.3 is 5.32 Å². The molecule has 120 valence electrons. The van der Waals surface area contributed by atoms with Crippen molar-refractivity contribution in [2.45, 2.75) is 66.7 Å². The van der Waals surface area contributed by atoms with Crippen LogP contribution in [-0.2, 0) is 6.42 Å². The zero-order valence-corrected chi connectivity index (χ0v) is 15.3. The van der Waals surface area contributed by atoms with E-state index in [1.54, 1.807) is 0 Å². The highest BCUT2D eigenvalue weighted by Gasteiger charge is 2.35. The smallest absolute Gasteiger partial charge is 0.0933 e. The van der Waals surface area contributed by atoms with Crippen LogP contribution < -0.4 is 5.32 Å². The van der Waals surface area contributed by atoms with Crippen LogP contribution in [-0.4, -0.2) is 18.1 Å². The van der Waals surface area contributed by atoms with E-state index in [-0.39, 0.29) is 0 Å². The second-order valence-corrected chi connectivity index (χ2v) is 8.87. The van der Waals surface area contributed by atoms with Crippen LogP contribution in [0.4, 0.5) is 0 Å². The summed E-state index contributed by atoms with van der Waals surface area (Å²) in [6, 6.07) is 0. The second kappa shape index (κ2) is 7.23. The lowest BCUT2D eigenvalue weighted by Crippen LogP contribution is -2.37. The zero-order chi connectivity index (χ0) is 15.5. The number of aromatic nitrogens is 1. The van der Waals surface area contributed by atoms with Crippen molar-refractivity contribution in [3.8, 4) is 0 Å². The highest BCUT2D eigenvalue weighted by Crippen LogP contribution is 2.43. The van der Waals surface area contributed by atoms with Crippen molar-refractivity contribution in [1.29, 1.82) is 0 Å². The fourth-order valence-electron chi connectivity index (χ4n) is 3.61. The second-order valence-electron chi connectivity index (χ2n) is 7.58. The average Bonchev–Trinajstić information content (AvgIpc) is 2.70. The van der Waals surface area contributed by atoms with E-state index in [1.807, 2.05) is 11.3 Å². The lowest BCUT2D eigenvalue weighted by atomic mass is 9.66. The Balaban J connectivity index is 2.02. The molecule has 1 N–H and O–H groups in total. The molecule has 0 amide bonds. The van der Waals surface area contributed by atoms with Crippen molar-refractivity contribution in [3.05, 3.63) is 15.6 Å². The quantitative estimate of drug-likeness (QED) is 0.767. The first-order valence-electron chi connectivity index (χ1n) is 8.55. The number of rotatable bonds is 6. The molecule has 2 unspecified atom stereocenters. The maximum atomic E-state index is 4.78. The van der Waals surface area contributed by atoms with Crippen LogP contribution in [0.3, 0.4) is 0 Å². The van der Waals surface area contributed by atoms with Gasteiger partial charge in [-0.2, -0.15) is 0 Å². The molecule has 0 saturated heterocycles. The Hall–Kier alpha value is -0.410. The van der Waals surface area contributed by atoms with E-state index in [4.69, 9.17) is 4.98 Å². The normalized spacial score (nSPS) is 25.2. The molecule has 2 nitrogen and oxygen atoms in total. The highest BCUT2D eigenvalue weighted by atomic mass is 32.1. The molecule has 0 aromatic carbocycles. The predicted molar refractivity (Wildman–Crippen MR) is 93.1 cm³/mol. The lowest BCUT2D eigenvalue weighted by Gasteiger charge is -2.41. The Morgan fingerprint density at radius 2 is 2.05 bits per heavy atom. The van der Waals surface area contributed by atoms with Gasteiger partial charge in [-0.25, -0.2) is 4.98 Å². The number of hydrogen-bond donors (Lipinski definition) is 1. The average molecular weight is 309 g/mol. The Morgan fingerprint density at radius 1 is 1.29 bits per heavy atom. The number of thiazole rings is 1. The van der Waals surface area contributed by atoms with Crippen molar-refractivity contribution in [2.75, 3.05) is 13.1 Å². The molecule has 0 bridgehead atoms. The van der Waals surface area contributed by atoms with Crippen molar-refractivity contribution in [3.63, 3.8) is 0 Å². The van der Waals surface area contributed by atoms with E-state index in [0.29, 0.717) is 5.41 Å². The standard InChI is InChI=1S/C18H32N2S/c1-6-9-19-12-15-7-8-18(4,5)11-16(15)10-17-20-13(2)14(3)21-17/h15-16,19H,6-12H2,1-5H3. The van der Waals surface area contributed by atoms with Crippen LogP contribution in [0.15, 0.2) is 0 Å². The van der Waals surface area contributed by atoms with Gasteiger partial charge in [0.25, 0.3) is 0 Å². The number of aryl methyl sites for hydroxylation is 2. The van der Waals surface area contributed by atoms with Crippen LogP contribution in [0.5, 0.6) is 0 Å². The van der Waals surface area contributed by atoms with Gasteiger partial charge in [-0.3, -0.25) is 0 Å². The molecule has 1 aromatic heterocycles. The fourth-order valence-corrected chi connectivity index (χ4v) is 4.64. The minimum atomic E-state index is 0.507. The SMILES string of the molecule is CCCNCC1CCC(C)(C)CC1Cc1nc(C)c(C)s1. The van der Waals surface area contributed by atoms with E-state index in [0.717, 1.165) is 18.4 Å². The van der Waals surface area contributed by atoms with E-state index in [1.165, 1.54) is 54.2 Å². The lowest BCUT2D eigenvalue weighted by molar-refractivity contribution is 0.116. The third kappa shape index (κ3) is 4.79. The van der Waals surface area contributed by atoms with E-state index in [9.17, 15) is 0 Å². The maximum Gasteiger partial charge on any atom is 0.0933 e. The first-order chi connectivity index (χ1) is 9.91. The molecule has 21 heavy (non-hydrogen) atoms. The topological polar surface area (TPSA) is 24.9 Å².